The van der Waals surface area contributed by atoms with Crippen LogP contribution in [0.5, 0.6) is 0 Å². The maximum atomic E-state index is 2.71. The molecule has 314 valence electrons. The van der Waals surface area contributed by atoms with E-state index in [1.165, 1.54) is 125 Å². The van der Waals surface area contributed by atoms with Gasteiger partial charge in [-0.2, -0.15) is 0 Å². The number of aryl methyl sites for hydroxylation is 3. The molecule has 2 heterocycles. The summed E-state index contributed by atoms with van der Waals surface area (Å²) < 4.78 is 0. The van der Waals surface area contributed by atoms with Crippen LogP contribution in [-0.2, 0) is 21.7 Å². The third-order valence-electron chi connectivity index (χ3n) is 15.8. The smallest absolute Gasteiger partial charge is 0.252 e. The van der Waals surface area contributed by atoms with Crippen LogP contribution in [-0.4, -0.2) is 6.71 Å². The molecular weight excluding hydrogens is 759 g/mol. The minimum atomic E-state index is 0.0405. The molecule has 0 atom stereocenters. The van der Waals surface area contributed by atoms with Crippen LogP contribution in [0.1, 0.15) is 114 Å². The van der Waals surface area contributed by atoms with Gasteiger partial charge in [0.25, 0.3) is 6.71 Å². The summed E-state index contributed by atoms with van der Waals surface area (Å²) in [6.45, 7) is 26.7. The first-order valence-corrected chi connectivity index (χ1v) is 23.4. The number of hydrogen-bond acceptors (Lipinski definition) is 2. The van der Waals surface area contributed by atoms with Crippen LogP contribution >= 0.6 is 0 Å². The number of nitrogens with zero attached hydrogens (tertiary/aromatic N) is 2. The van der Waals surface area contributed by atoms with Crippen molar-refractivity contribution in [3.8, 4) is 22.3 Å². The van der Waals surface area contributed by atoms with E-state index < -0.39 is 0 Å². The first kappa shape index (κ1) is 40.0. The molecule has 0 spiro atoms. The number of fused-ring (bicyclic) bond motifs is 6. The average molecular weight is 821 g/mol. The lowest BCUT2D eigenvalue weighted by molar-refractivity contribution is 0.332. The second-order valence-corrected chi connectivity index (χ2v) is 22.2. The topological polar surface area (TPSA) is 6.48 Å². The van der Waals surface area contributed by atoms with Crippen molar-refractivity contribution in [2.24, 2.45) is 0 Å². The molecule has 3 heteroatoms. The van der Waals surface area contributed by atoms with E-state index in [1.54, 1.807) is 0 Å². The van der Waals surface area contributed by atoms with Gasteiger partial charge in [0.15, 0.2) is 0 Å². The van der Waals surface area contributed by atoms with Gasteiger partial charge in [0.1, 0.15) is 0 Å². The lowest BCUT2D eigenvalue weighted by Crippen LogP contribution is -2.61. The zero-order valence-corrected chi connectivity index (χ0v) is 39.3. The van der Waals surface area contributed by atoms with E-state index in [0.717, 1.165) is 6.42 Å². The van der Waals surface area contributed by atoms with Gasteiger partial charge in [-0.25, -0.2) is 0 Å². The predicted octanol–water partition coefficient (Wildman–Crippen LogP) is 14.3. The Hall–Kier alpha value is -5.80. The zero-order valence-electron chi connectivity index (χ0n) is 39.3. The van der Waals surface area contributed by atoms with Crippen molar-refractivity contribution in [1.29, 1.82) is 0 Å². The Morgan fingerprint density at radius 1 is 0.381 bits per heavy atom. The summed E-state index contributed by atoms with van der Waals surface area (Å²) in [7, 11) is 0. The molecule has 2 aliphatic heterocycles. The monoisotopic (exact) mass is 820 g/mol. The van der Waals surface area contributed by atoms with Gasteiger partial charge in [0.2, 0.25) is 0 Å². The summed E-state index contributed by atoms with van der Waals surface area (Å²) in [6.07, 6.45) is 3.51. The molecule has 4 aliphatic rings. The highest BCUT2D eigenvalue weighted by molar-refractivity contribution is 7.00. The number of benzene rings is 7. The molecule has 11 rings (SSSR count). The van der Waals surface area contributed by atoms with Gasteiger partial charge in [-0.15, -0.1) is 0 Å². The summed E-state index contributed by atoms with van der Waals surface area (Å²) in [5.74, 6) is 0. The lowest BCUT2D eigenvalue weighted by Gasteiger charge is -2.46. The Balaban J connectivity index is 1.24. The standard InChI is InChI=1S/C60H61BN2/c1-37-28-54-56-55(29-37)63(52-34-46-44(31-39(52)3)57(4,5)26-27-58(46,6)7)53-35-47-45(59(8,9)36-60(47,10)11)33-49(53)61(56)48-32-43(41-20-16-13-17-21-41)23-25-51(48)62(54)50-24-22-42(30-38(50)2)40-18-14-12-15-19-40/h12-25,28-35H,26-27,36H2,1-11H3. The van der Waals surface area contributed by atoms with Crippen molar-refractivity contribution >= 4 is 57.2 Å². The average Bonchev–Trinajstić information content (AvgIpc) is 3.44. The van der Waals surface area contributed by atoms with Crippen LogP contribution in [0.15, 0.2) is 133 Å². The first-order valence-electron chi connectivity index (χ1n) is 23.4. The van der Waals surface area contributed by atoms with Crippen molar-refractivity contribution in [3.05, 3.63) is 172 Å². The summed E-state index contributed by atoms with van der Waals surface area (Å²) >= 11 is 0. The summed E-state index contributed by atoms with van der Waals surface area (Å²) in [4.78, 5) is 5.31. The molecule has 2 nitrogen and oxygen atoms in total. The molecule has 7 aromatic rings. The highest BCUT2D eigenvalue weighted by Gasteiger charge is 2.49. The molecular formula is C60H61BN2. The molecule has 7 aromatic carbocycles. The van der Waals surface area contributed by atoms with E-state index in [4.69, 9.17) is 0 Å². The highest BCUT2D eigenvalue weighted by Crippen LogP contribution is 2.54. The Kier molecular flexibility index (Phi) is 8.64. The highest BCUT2D eigenvalue weighted by atomic mass is 15.2. The Labute approximate surface area is 377 Å². The molecule has 0 amide bonds. The molecule has 0 saturated heterocycles. The van der Waals surface area contributed by atoms with E-state index in [-0.39, 0.29) is 28.4 Å². The van der Waals surface area contributed by atoms with Gasteiger partial charge in [-0.1, -0.05) is 146 Å². The van der Waals surface area contributed by atoms with Gasteiger partial charge in [-0.05, 0) is 182 Å². The summed E-state index contributed by atoms with van der Waals surface area (Å²) in [6, 6.07) is 51.6. The van der Waals surface area contributed by atoms with Crippen molar-refractivity contribution in [3.63, 3.8) is 0 Å². The Morgan fingerprint density at radius 3 is 1.43 bits per heavy atom. The van der Waals surface area contributed by atoms with Crippen LogP contribution in [0.4, 0.5) is 34.1 Å². The second-order valence-electron chi connectivity index (χ2n) is 22.2. The second kappa shape index (κ2) is 13.6. The maximum Gasteiger partial charge on any atom is 0.252 e. The van der Waals surface area contributed by atoms with E-state index in [0.29, 0.717) is 0 Å². The van der Waals surface area contributed by atoms with Crippen LogP contribution in [0.25, 0.3) is 22.3 Å². The van der Waals surface area contributed by atoms with E-state index in [1.807, 2.05) is 0 Å². The van der Waals surface area contributed by atoms with Crippen molar-refractivity contribution in [1.82, 2.24) is 0 Å². The number of rotatable bonds is 4. The van der Waals surface area contributed by atoms with Gasteiger partial charge in [0, 0.05) is 34.1 Å². The Morgan fingerprint density at radius 2 is 0.841 bits per heavy atom. The maximum absolute atomic E-state index is 2.71. The van der Waals surface area contributed by atoms with E-state index in [2.05, 4.69) is 219 Å². The first-order chi connectivity index (χ1) is 29.9. The SMILES string of the molecule is Cc1cc2c3c(c1)N(c1cc4c(cc1C)C(C)(C)CCC4(C)C)c1cc4c(cc1B3c1cc(-c3ccccc3)ccc1N2c1ccc(-c2ccccc2)cc1C)C(C)(C)CC4(C)C. The van der Waals surface area contributed by atoms with Crippen molar-refractivity contribution < 1.29 is 0 Å². The fourth-order valence-electron chi connectivity index (χ4n) is 12.6. The normalized spacial score (nSPS) is 18.0. The minimum absolute atomic E-state index is 0.0405. The molecule has 0 N–H and O–H groups in total. The summed E-state index contributed by atoms with van der Waals surface area (Å²) in [5, 5.41) is 0. The van der Waals surface area contributed by atoms with Crippen LogP contribution < -0.4 is 26.2 Å². The molecule has 2 aliphatic carbocycles. The molecule has 0 saturated carbocycles. The van der Waals surface area contributed by atoms with Crippen molar-refractivity contribution in [2.75, 3.05) is 9.80 Å². The number of anilines is 6. The van der Waals surface area contributed by atoms with Crippen molar-refractivity contribution in [2.45, 2.75) is 117 Å². The lowest BCUT2D eigenvalue weighted by atomic mass is 9.33. The number of hydrogen-bond donors (Lipinski definition) is 0. The molecule has 0 fully saturated rings. The fraction of sp³-hybridized carbons (Fsp3) is 0.300. The third-order valence-corrected chi connectivity index (χ3v) is 15.8. The van der Waals surface area contributed by atoms with E-state index >= 15 is 0 Å². The Bertz CT molecular complexity index is 3020. The van der Waals surface area contributed by atoms with Gasteiger partial charge < -0.3 is 9.80 Å². The molecule has 0 bridgehead atoms. The van der Waals surface area contributed by atoms with Gasteiger partial charge in [0.05, 0.1) is 0 Å². The zero-order chi connectivity index (χ0) is 44.0. The minimum Gasteiger partial charge on any atom is -0.311 e. The van der Waals surface area contributed by atoms with Crippen LogP contribution in [0.2, 0.25) is 0 Å². The fourth-order valence-corrected chi connectivity index (χ4v) is 12.6. The van der Waals surface area contributed by atoms with Crippen LogP contribution in [0.3, 0.4) is 0 Å². The van der Waals surface area contributed by atoms with Crippen LogP contribution in [0, 0.1) is 20.8 Å². The quantitative estimate of drug-likeness (QED) is 0.163. The van der Waals surface area contributed by atoms with Gasteiger partial charge in [-0.3, -0.25) is 0 Å². The predicted molar refractivity (Wildman–Crippen MR) is 272 cm³/mol. The molecule has 0 aromatic heterocycles. The molecule has 0 unspecified atom stereocenters. The summed E-state index contributed by atoms with van der Waals surface area (Å²) in [5.41, 5.74) is 27.0. The van der Waals surface area contributed by atoms with E-state index in [9.17, 15) is 0 Å². The molecule has 0 radical (unpaired) electrons. The third kappa shape index (κ3) is 6.05. The largest absolute Gasteiger partial charge is 0.311 e. The molecule has 63 heavy (non-hydrogen) atoms. The van der Waals surface area contributed by atoms with Gasteiger partial charge >= 0.3 is 0 Å².